The third kappa shape index (κ3) is 3.38. The molecule has 36 heavy (non-hydrogen) atoms. The van der Waals surface area contributed by atoms with Crippen LogP contribution in [0.2, 0.25) is 0 Å². The fraction of sp³-hybridized carbons (Fsp3) is 0. The molecule has 0 spiro atoms. The number of para-hydroxylation sites is 2. The Kier molecular flexibility index (Phi) is 5.04. The quantitative estimate of drug-likeness (QED) is 0.253. The van der Waals surface area contributed by atoms with Crippen molar-refractivity contribution in [3.63, 3.8) is 0 Å². The normalized spacial score (nSPS) is 12.3. The van der Waals surface area contributed by atoms with Crippen LogP contribution in [0.1, 0.15) is 0 Å². The lowest BCUT2D eigenvalue weighted by Gasteiger charge is -2.36. The van der Waals surface area contributed by atoms with Gasteiger partial charge in [-0.25, -0.2) is 0 Å². The predicted octanol–water partition coefficient (Wildman–Crippen LogP) is 8.90. The Morgan fingerprint density at radius 1 is 0.500 bits per heavy atom. The Hall–Kier alpha value is -4.41. The van der Waals surface area contributed by atoms with Crippen LogP contribution in [0.15, 0.2) is 138 Å². The first-order chi connectivity index (χ1) is 17.9. The van der Waals surface area contributed by atoms with Crippen LogP contribution in [0, 0.1) is 0 Å². The molecule has 0 fully saturated rings. The van der Waals surface area contributed by atoms with Gasteiger partial charge in [-0.05, 0) is 59.0 Å². The maximum atomic E-state index is 4.28. The lowest BCUT2D eigenvalue weighted by atomic mass is 9.94. The highest BCUT2D eigenvalue weighted by molar-refractivity contribution is 7.99. The highest BCUT2D eigenvalue weighted by atomic mass is 32.2. The van der Waals surface area contributed by atoms with Crippen molar-refractivity contribution in [1.29, 1.82) is 0 Å². The Morgan fingerprint density at radius 2 is 1.14 bits per heavy atom. The van der Waals surface area contributed by atoms with Crippen molar-refractivity contribution in [2.75, 3.05) is 4.90 Å². The maximum Gasteiger partial charge on any atom is 0.0680 e. The Bertz CT molecular complexity index is 1660. The first kappa shape index (κ1) is 20.9. The van der Waals surface area contributed by atoms with Gasteiger partial charge in [0.05, 0.1) is 17.1 Å². The van der Waals surface area contributed by atoms with Crippen LogP contribution >= 0.6 is 11.8 Å². The van der Waals surface area contributed by atoms with E-state index < -0.39 is 0 Å². The Morgan fingerprint density at radius 3 is 1.86 bits per heavy atom. The van der Waals surface area contributed by atoms with Crippen LogP contribution in [0.5, 0.6) is 0 Å². The minimum atomic E-state index is 1.13. The monoisotopic (exact) mass is 479 g/mol. The lowest BCUT2D eigenvalue weighted by molar-refractivity contribution is 1.18. The Balaban J connectivity index is 1.63. The van der Waals surface area contributed by atoms with Crippen LogP contribution in [0.4, 0.5) is 17.1 Å². The first-order valence-electron chi connectivity index (χ1n) is 11.9. The molecule has 170 valence electrons. The molecule has 0 aliphatic carbocycles. The molecule has 7 rings (SSSR count). The SMILES string of the molecule is c1ccc2c(c1)Sc1ccc3ccccc3c1N2c1c(-c2ccncc2)cccc1-c1ccncc1. The van der Waals surface area contributed by atoms with Crippen molar-refractivity contribution < 1.29 is 0 Å². The smallest absolute Gasteiger partial charge is 0.0680 e. The zero-order valence-corrected chi connectivity index (χ0v) is 20.2. The number of nitrogens with zero attached hydrogens (tertiary/aromatic N) is 3. The Labute approximate surface area is 214 Å². The summed E-state index contributed by atoms with van der Waals surface area (Å²) in [6.07, 6.45) is 7.45. The lowest BCUT2D eigenvalue weighted by Crippen LogP contribution is -2.17. The van der Waals surface area contributed by atoms with Crippen molar-refractivity contribution in [2.24, 2.45) is 0 Å². The van der Waals surface area contributed by atoms with E-state index >= 15 is 0 Å². The number of rotatable bonds is 3. The van der Waals surface area contributed by atoms with E-state index in [0.29, 0.717) is 0 Å². The molecule has 0 saturated carbocycles. The van der Waals surface area contributed by atoms with Gasteiger partial charge in [0.25, 0.3) is 0 Å². The van der Waals surface area contributed by atoms with Gasteiger partial charge in [-0.3, -0.25) is 9.97 Å². The van der Waals surface area contributed by atoms with Crippen LogP contribution in [-0.2, 0) is 0 Å². The second kappa shape index (κ2) is 8.67. The van der Waals surface area contributed by atoms with E-state index in [1.807, 2.05) is 36.5 Å². The van der Waals surface area contributed by atoms with E-state index in [4.69, 9.17) is 0 Å². The molecule has 4 aromatic carbocycles. The minimum Gasteiger partial charge on any atom is -0.306 e. The van der Waals surface area contributed by atoms with Gasteiger partial charge in [0.2, 0.25) is 0 Å². The zero-order chi connectivity index (χ0) is 23.9. The van der Waals surface area contributed by atoms with Gasteiger partial charge in [0, 0.05) is 51.1 Å². The van der Waals surface area contributed by atoms with Gasteiger partial charge < -0.3 is 4.90 Å². The minimum absolute atomic E-state index is 1.13. The van der Waals surface area contributed by atoms with Gasteiger partial charge in [0.15, 0.2) is 0 Å². The first-order valence-corrected chi connectivity index (χ1v) is 12.7. The number of pyridine rings is 2. The number of hydrogen-bond acceptors (Lipinski definition) is 4. The van der Waals surface area contributed by atoms with Crippen LogP contribution < -0.4 is 4.90 Å². The zero-order valence-electron chi connectivity index (χ0n) is 19.4. The van der Waals surface area contributed by atoms with Crippen molar-refractivity contribution >= 4 is 39.6 Å². The third-order valence-electron chi connectivity index (χ3n) is 6.66. The van der Waals surface area contributed by atoms with Gasteiger partial charge in [-0.15, -0.1) is 0 Å². The van der Waals surface area contributed by atoms with E-state index in [2.05, 4.69) is 118 Å². The van der Waals surface area contributed by atoms with Gasteiger partial charge >= 0.3 is 0 Å². The summed E-state index contributed by atoms with van der Waals surface area (Å²) in [4.78, 5) is 13.5. The highest BCUT2D eigenvalue weighted by Gasteiger charge is 2.30. The molecular formula is C32H21N3S. The van der Waals surface area contributed by atoms with E-state index in [9.17, 15) is 0 Å². The summed E-state index contributed by atoms with van der Waals surface area (Å²) in [5, 5.41) is 2.47. The largest absolute Gasteiger partial charge is 0.306 e. The number of fused-ring (bicyclic) bond motifs is 4. The summed E-state index contributed by atoms with van der Waals surface area (Å²) >= 11 is 1.84. The average Bonchev–Trinajstić information content (AvgIpc) is 2.96. The van der Waals surface area contributed by atoms with Gasteiger partial charge in [-0.1, -0.05) is 72.4 Å². The summed E-state index contributed by atoms with van der Waals surface area (Å²) in [7, 11) is 0. The molecule has 0 atom stereocenters. The van der Waals surface area contributed by atoms with Crippen molar-refractivity contribution in [3.8, 4) is 22.3 Å². The number of aromatic nitrogens is 2. The molecule has 2 aromatic heterocycles. The molecule has 0 N–H and O–H groups in total. The molecule has 0 amide bonds. The molecule has 0 bridgehead atoms. The topological polar surface area (TPSA) is 29.0 Å². The summed E-state index contributed by atoms with van der Waals surface area (Å²) in [6, 6.07) is 36.8. The summed E-state index contributed by atoms with van der Waals surface area (Å²) in [5.41, 5.74) is 8.14. The predicted molar refractivity (Wildman–Crippen MR) is 149 cm³/mol. The molecular weight excluding hydrogens is 458 g/mol. The fourth-order valence-corrected chi connectivity index (χ4v) is 6.14. The summed E-state index contributed by atoms with van der Waals surface area (Å²) in [5.74, 6) is 0. The molecule has 6 aromatic rings. The number of hydrogen-bond donors (Lipinski definition) is 0. The molecule has 1 aliphatic heterocycles. The summed E-state index contributed by atoms with van der Waals surface area (Å²) < 4.78 is 0. The van der Waals surface area contributed by atoms with Crippen molar-refractivity contribution in [1.82, 2.24) is 9.97 Å². The molecule has 4 heteroatoms. The van der Waals surface area contributed by atoms with E-state index in [1.54, 1.807) is 0 Å². The molecule has 0 unspecified atom stereocenters. The van der Waals surface area contributed by atoms with Crippen LogP contribution in [0.25, 0.3) is 33.0 Å². The number of anilines is 3. The highest BCUT2D eigenvalue weighted by Crippen LogP contribution is 2.56. The van der Waals surface area contributed by atoms with Crippen molar-refractivity contribution in [2.45, 2.75) is 9.79 Å². The standard InChI is InChI=1S/C32H21N3S/c1-2-7-27-22(6-1)12-13-30-32(27)35(28-10-3-4-11-29(28)36-30)31-25(23-14-18-33-19-15-23)8-5-9-26(31)24-16-20-34-21-17-24/h1-21H. The fourth-order valence-electron chi connectivity index (χ4n) is 5.06. The van der Waals surface area contributed by atoms with Gasteiger partial charge in [0.1, 0.15) is 0 Å². The van der Waals surface area contributed by atoms with Gasteiger partial charge in [-0.2, -0.15) is 0 Å². The molecule has 3 nitrogen and oxygen atoms in total. The number of benzene rings is 4. The molecule has 0 saturated heterocycles. The third-order valence-corrected chi connectivity index (χ3v) is 7.77. The average molecular weight is 480 g/mol. The van der Waals surface area contributed by atoms with Crippen LogP contribution in [0.3, 0.4) is 0 Å². The molecule has 0 radical (unpaired) electrons. The second-order valence-corrected chi connectivity index (χ2v) is 9.80. The van der Waals surface area contributed by atoms with E-state index in [1.165, 1.54) is 31.9 Å². The van der Waals surface area contributed by atoms with E-state index in [0.717, 1.165) is 27.9 Å². The summed E-state index contributed by atoms with van der Waals surface area (Å²) in [6.45, 7) is 0. The maximum absolute atomic E-state index is 4.28. The second-order valence-electron chi connectivity index (χ2n) is 8.71. The van der Waals surface area contributed by atoms with Crippen LogP contribution in [-0.4, -0.2) is 9.97 Å². The molecule has 1 aliphatic rings. The molecule has 3 heterocycles. The van der Waals surface area contributed by atoms with Crippen molar-refractivity contribution in [3.05, 3.63) is 128 Å². The van der Waals surface area contributed by atoms with E-state index in [-0.39, 0.29) is 0 Å².